The van der Waals surface area contributed by atoms with Gasteiger partial charge >= 0.3 is 17.0 Å². The summed E-state index contributed by atoms with van der Waals surface area (Å²) in [5.41, 5.74) is 1.96. The van der Waals surface area contributed by atoms with Crippen LogP contribution in [0.5, 0.6) is 0 Å². The predicted molar refractivity (Wildman–Crippen MR) is 99.7 cm³/mol. The lowest BCUT2D eigenvalue weighted by Gasteiger charge is -2.07. The number of thiazole rings is 1. The van der Waals surface area contributed by atoms with Gasteiger partial charge in [-0.05, 0) is 36.8 Å². The fourth-order valence-corrected chi connectivity index (χ4v) is 3.44. The van der Waals surface area contributed by atoms with E-state index < -0.39 is 11.7 Å². The Hall–Kier alpha value is -2.33. The van der Waals surface area contributed by atoms with Crippen molar-refractivity contribution in [1.29, 1.82) is 0 Å². The van der Waals surface area contributed by atoms with E-state index in [4.69, 9.17) is 0 Å². The highest BCUT2D eigenvalue weighted by Crippen LogP contribution is 2.44. The summed E-state index contributed by atoms with van der Waals surface area (Å²) in [6.45, 7) is 1.66. The third kappa shape index (κ3) is 3.86. The number of fused-ring (bicyclic) bond motifs is 3. The monoisotopic (exact) mass is 414 g/mol. The molecule has 0 fully saturated rings. The molecular formula is C17H13F3N2O3S2. The van der Waals surface area contributed by atoms with E-state index in [9.17, 15) is 22.8 Å². The van der Waals surface area contributed by atoms with Crippen molar-refractivity contribution in [3.8, 4) is 16.9 Å². The average Bonchev–Trinajstić information content (AvgIpc) is 3.16. The Balaban J connectivity index is 0.000000260. The van der Waals surface area contributed by atoms with Crippen LogP contribution in [0.2, 0.25) is 0 Å². The topological polar surface area (TPSA) is 61.2 Å². The fourth-order valence-electron chi connectivity index (χ4n) is 2.39. The zero-order valence-corrected chi connectivity index (χ0v) is 15.8. The molecule has 2 aromatic rings. The van der Waals surface area contributed by atoms with Gasteiger partial charge in [0.25, 0.3) is 0 Å². The van der Waals surface area contributed by atoms with Crippen molar-refractivity contribution in [3.63, 3.8) is 0 Å². The lowest BCUT2D eigenvalue weighted by Crippen LogP contribution is -2.13. The molecule has 0 radical (unpaired) electrons. The zero-order valence-electron chi connectivity index (χ0n) is 14.1. The number of alkyl halides is 3. The van der Waals surface area contributed by atoms with Gasteiger partial charge in [0.15, 0.2) is 0 Å². The van der Waals surface area contributed by atoms with Crippen LogP contribution >= 0.6 is 24.0 Å². The normalized spacial score (nSPS) is 13.0. The first-order valence-electron chi connectivity index (χ1n) is 7.63. The molecule has 0 N–H and O–H groups in total. The van der Waals surface area contributed by atoms with Gasteiger partial charge in [-0.3, -0.25) is 14.2 Å². The molecule has 0 saturated heterocycles. The van der Waals surface area contributed by atoms with E-state index in [-0.39, 0.29) is 21.9 Å². The molecule has 27 heavy (non-hydrogen) atoms. The highest BCUT2D eigenvalue weighted by atomic mass is 32.1. The summed E-state index contributed by atoms with van der Waals surface area (Å²) in [5.74, 6) is -0.0775. The molecule has 2 aromatic heterocycles. The number of rotatable bonds is 2. The molecule has 10 heteroatoms. The van der Waals surface area contributed by atoms with Gasteiger partial charge in [0.05, 0.1) is 28.1 Å². The molecule has 0 aliphatic heterocycles. The Labute approximate surface area is 160 Å². The van der Waals surface area contributed by atoms with E-state index in [1.165, 1.54) is 17.7 Å². The van der Waals surface area contributed by atoms with E-state index in [0.717, 1.165) is 44.9 Å². The van der Waals surface area contributed by atoms with Crippen LogP contribution in [0.1, 0.15) is 12.5 Å². The SMILES string of the molecule is COC(=O)C(C)S.O=c1sc2cc3cc-3c2n1-c1ccc(C(F)(F)F)cn1. The third-order valence-corrected chi connectivity index (χ3v) is 4.85. The first kappa shape index (κ1) is 19.4. The molecule has 1 unspecified atom stereocenters. The van der Waals surface area contributed by atoms with Crippen LogP contribution in [0.3, 0.4) is 0 Å². The molecule has 0 amide bonds. The summed E-state index contributed by atoms with van der Waals surface area (Å²) in [4.78, 5) is 25.7. The van der Waals surface area contributed by atoms with Crippen LogP contribution < -0.4 is 4.87 Å². The molecule has 0 bridgehead atoms. The molecular weight excluding hydrogens is 401 g/mol. The largest absolute Gasteiger partial charge is 0.468 e. The number of carbonyl (C=O) groups is 1. The number of methoxy groups -OCH3 is 1. The highest BCUT2D eigenvalue weighted by molar-refractivity contribution is 7.81. The quantitative estimate of drug-likeness (QED) is 0.399. The second-order valence-corrected chi connectivity index (χ2v) is 7.44. The number of benzene rings is 1. The van der Waals surface area contributed by atoms with E-state index >= 15 is 0 Å². The van der Waals surface area contributed by atoms with Crippen LogP contribution in [0, 0.1) is 0 Å². The van der Waals surface area contributed by atoms with Crippen molar-refractivity contribution in [2.24, 2.45) is 0 Å². The third-order valence-electron chi connectivity index (χ3n) is 3.75. The van der Waals surface area contributed by atoms with Crippen LogP contribution in [-0.4, -0.2) is 27.9 Å². The van der Waals surface area contributed by atoms with Crippen LogP contribution in [0.25, 0.3) is 27.2 Å². The number of hydrogen-bond acceptors (Lipinski definition) is 6. The Bertz CT molecular complexity index is 1070. The van der Waals surface area contributed by atoms with Crippen molar-refractivity contribution in [2.45, 2.75) is 18.3 Å². The standard InChI is InChI=1S/C13H5F3N2OS.C4H8O2S/c14-13(15,16)7-1-2-10(17-5-7)18-11-8-3-6(8)4-9(11)20-12(18)19;1-3(7)4(5)6-2/h1-5H;3,7H,1-2H3. The van der Waals surface area contributed by atoms with Crippen molar-refractivity contribution in [2.75, 3.05) is 7.11 Å². The maximum atomic E-state index is 12.5. The number of aromatic nitrogens is 2. The van der Waals surface area contributed by atoms with Crippen molar-refractivity contribution < 1.29 is 22.7 Å². The van der Waals surface area contributed by atoms with Gasteiger partial charge in [-0.1, -0.05) is 11.3 Å². The summed E-state index contributed by atoms with van der Waals surface area (Å²) in [6.07, 6.45) is -3.68. The number of ether oxygens (including phenoxy) is 1. The molecule has 0 saturated carbocycles. The van der Waals surface area contributed by atoms with Gasteiger partial charge in [0, 0.05) is 11.8 Å². The van der Waals surface area contributed by atoms with Crippen molar-refractivity contribution in [1.82, 2.24) is 9.55 Å². The zero-order chi connectivity index (χ0) is 19.9. The summed E-state index contributed by atoms with van der Waals surface area (Å²) >= 11 is 4.87. The second kappa shape index (κ2) is 7.01. The molecule has 4 rings (SSSR count). The minimum Gasteiger partial charge on any atom is -0.468 e. The van der Waals surface area contributed by atoms with E-state index in [1.54, 1.807) is 6.92 Å². The summed E-state index contributed by atoms with van der Waals surface area (Å²) < 4.78 is 44.0. The minimum absolute atomic E-state index is 0.211. The Morgan fingerprint density at radius 3 is 2.52 bits per heavy atom. The minimum atomic E-state index is -4.43. The van der Waals surface area contributed by atoms with Crippen LogP contribution in [-0.2, 0) is 15.7 Å². The molecule has 2 aliphatic carbocycles. The van der Waals surface area contributed by atoms with Gasteiger partial charge in [0.2, 0.25) is 0 Å². The van der Waals surface area contributed by atoms with Crippen LogP contribution in [0.15, 0.2) is 35.3 Å². The molecule has 0 spiro atoms. The Kier molecular flexibility index (Phi) is 5.04. The van der Waals surface area contributed by atoms with Gasteiger partial charge in [-0.25, -0.2) is 4.98 Å². The number of thiol groups is 1. The lowest BCUT2D eigenvalue weighted by molar-refractivity contribution is -0.139. The van der Waals surface area contributed by atoms with E-state index in [0.29, 0.717) is 0 Å². The molecule has 1 atom stereocenters. The lowest BCUT2D eigenvalue weighted by atomic mass is 10.3. The maximum absolute atomic E-state index is 12.5. The van der Waals surface area contributed by atoms with Crippen molar-refractivity contribution in [3.05, 3.63) is 45.7 Å². The highest BCUT2D eigenvalue weighted by Gasteiger charge is 2.31. The molecule has 2 aliphatic rings. The summed E-state index contributed by atoms with van der Waals surface area (Å²) in [5, 5.41) is -0.301. The Morgan fingerprint density at radius 2 is 2.04 bits per heavy atom. The van der Waals surface area contributed by atoms with E-state index in [2.05, 4.69) is 22.3 Å². The average molecular weight is 414 g/mol. The number of halogens is 3. The smallest absolute Gasteiger partial charge is 0.417 e. The second-order valence-electron chi connectivity index (χ2n) is 5.68. The first-order valence-corrected chi connectivity index (χ1v) is 8.96. The van der Waals surface area contributed by atoms with Gasteiger partial charge in [0.1, 0.15) is 5.82 Å². The van der Waals surface area contributed by atoms with Gasteiger partial charge in [-0.15, -0.1) is 0 Å². The number of pyridine rings is 1. The fraction of sp³-hybridized carbons (Fsp3) is 0.235. The number of esters is 1. The summed E-state index contributed by atoms with van der Waals surface area (Å²) in [7, 11) is 1.34. The summed E-state index contributed by atoms with van der Waals surface area (Å²) in [6, 6.07) is 5.98. The predicted octanol–water partition coefficient (Wildman–Crippen LogP) is 3.92. The Morgan fingerprint density at radius 1 is 1.33 bits per heavy atom. The molecule has 5 nitrogen and oxygen atoms in total. The van der Waals surface area contributed by atoms with Gasteiger partial charge in [-0.2, -0.15) is 25.8 Å². The van der Waals surface area contributed by atoms with Crippen molar-refractivity contribution >= 4 is 40.2 Å². The number of hydrogen-bond donors (Lipinski definition) is 1. The molecule has 0 aromatic carbocycles. The van der Waals surface area contributed by atoms with Gasteiger partial charge < -0.3 is 4.74 Å². The van der Waals surface area contributed by atoms with E-state index in [1.807, 2.05) is 12.1 Å². The number of carbonyl (C=O) groups excluding carboxylic acids is 1. The van der Waals surface area contributed by atoms with Crippen LogP contribution in [0.4, 0.5) is 13.2 Å². The molecule has 142 valence electrons. The molecule has 2 heterocycles. The first-order chi connectivity index (χ1) is 12.6. The maximum Gasteiger partial charge on any atom is 0.417 e. The number of nitrogens with zero attached hydrogens (tertiary/aromatic N) is 2.